The molecule has 0 radical (unpaired) electrons. The number of hydrogen-bond acceptors (Lipinski definition) is 3. The van der Waals surface area contributed by atoms with Gasteiger partial charge in [0.2, 0.25) is 0 Å². The molecule has 0 saturated heterocycles. The van der Waals surface area contributed by atoms with Crippen molar-refractivity contribution in [3.05, 3.63) is 0 Å². The van der Waals surface area contributed by atoms with Crippen molar-refractivity contribution in [3.63, 3.8) is 0 Å². The summed E-state index contributed by atoms with van der Waals surface area (Å²) < 4.78 is 60.1. The van der Waals surface area contributed by atoms with Crippen LogP contribution < -0.4 is 0 Å². The van der Waals surface area contributed by atoms with Gasteiger partial charge >= 0.3 is 12.3 Å². The predicted octanol–water partition coefficient (Wildman–Crippen LogP) is 5.63. The molecule has 3 saturated carbocycles. The largest absolute Gasteiger partial charge is 0.522 e. The normalized spacial score (nSPS) is 38.7. The first kappa shape index (κ1) is 24.4. The van der Waals surface area contributed by atoms with E-state index in [4.69, 9.17) is 4.74 Å². The van der Waals surface area contributed by atoms with Gasteiger partial charge in [-0.3, -0.25) is 9.53 Å². The van der Waals surface area contributed by atoms with Gasteiger partial charge in [0.25, 0.3) is 0 Å². The molecule has 3 unspecified atom stereocenters. The predicted molar refractivity (Wildman–Crippen MR) is 104 cm³/mol. The molecule has 2 N–H and O–H groups in total. The van der Waals surface area contributed by atoms with E-state index >= 15 is 0 Å². The Hall–Kier alpha value is -0.890. The van der Waals surface area contributed by atoms with Crippen molar-refractivity contribution in [3.8, 4) is 0 Å². The summed E-state index contributed by atoms with van der Waals surface area (Å²) in [5.41, 5.74) is 0. The molecule has 8 heteroatoms. The summed E-state index contributed by atoms with van der Waals surface area (Å²) in [6.45, 7) is 2.31. The molecular weight excluding hydrogens is 392 g/mol. The molecular formula is C21H38F4O4. The van der Waals surface area contributed by atoms with Crippen molar-refractivity contribution in [2.24, 2.45) is 23.7 Å². The van der Waals surface area contributed by atoms with E-state index in [1.165, 1.54) is 25.7 Å². The minimum atomic E-state index is -4.84. The Morgan fingerprint density at radius 1 is 0.897 bits per heavy atom. The zero-order valence-corrected chi connectivity index (χ0v) is 17.1. The number of halogens is 4. The van der Waals surface area contributed by atoms with Crippen LogP contribution in [-0.4, -0.2) is 36.2 Å². The first-order valence-electron chi connectivity index (χ1n) is 10.8. The highest BCUT2D eigenvalue weighted by atomic mass is 19.4. The molecule has 0 spiro atoms. The third-order valence-electron chi connectivity index (χ3n) is 7.06. The molecule has 174 valence electrons. The highest BCUT2D eigenvalue weighted by Crippen LogP contribution is 2.42. The van der Waals surface area contributed by atoms with Crippen molar-refractivity contribution < 1.29 is 40.2 Å². The fourth-order valence-corrected chi connectivity index (χ4v) is 5.31. The standard InChI is InChI=1S/C21H32F4O3.H2O.2H2/c1-13-2-4-14(5-3-13)15-6-8-16(9-7-15)20(26)27-17-10-11-19(18(22)12-17)28-21(23,24)25;;;/h13-19H,2-12H2,1H3;1H2;2*1H. The zero-order valence-electron chi connectivity index (χ0n) is 17.1. The monoisotopic (exact) mass is 430 g/mol. The minimum absolute atomic E-state index is 0. The Bertz CT molecular complexity index is 522. The van der Waals surface area contributed by atoms with Crippen molar-refractivity contribution >= 4 is 5.97 Å². The number of carbonyl (C=O) groups is 1. The molecule has 0 aromatic rings. The second-order valence-electron chi connectivity index (χ2n) is 9.12. The molecule has 0 aliphatic heterocycles. The third-order valence-corrected chi connectivity index (χ3v) is 7.06. The maximum Gasteiger partial charge on any atom is 0.522 e. The second kappa shape index (κ2) is 10.4. The van der Waals surface area contributed by atoms with E-state index in [1.807, 2.05) is 0 Å². The lowest BCUT2D eigenvalue weighted by Crippen LogP contribution is -2.41. The van der Waals surface area contributed by atoms with E-state index in [2.05, 4.69) is 11.7 Å². The Balaban J connectivity index is 0.00000300. The molecule has 4 nitrogen and oxygen atoms in total. The van der Waals surface area contributed by atoms with Gasteiger partial charge in [-0.15, -0.1) is 13.2 Å². The van der Waals surface area contributed by atoms with E-state index in [0.29, 0.717) is 5.92 Å². The minimum Gasteiger partial charge on any atom is -0.462 e. The van der Waals surface area contributed by atoms with Gasteiger partial charge in [-0.25, -0.2) is 4.39 Å². The van der Waals surface area contributed by atoms with Crippen LogP contribution in [0.3, 0.4) is 0 Å². The van der Waals surface area contributed by atoms with Gasteiger partial charge in [-0.1, -0.05) is 19.8 Å². The molecule has 3 aliphatic rings. The molecule has 3 rings (SSSR count). The molecule has 3 aliphatic carbocycles. The summed E-state index contributed by atoms with van der Waals surface area (Å²) in [5, 5.41) is 0. The van der Waals surface area contributed by atoms with Crippen molar-refractivity contribution in [1.82, 2.24) is 0 Å². The maximum atomic E-state index is 14.0. The van der Waals surface area contributed by atoms with Gasteiger partial charge in [0, 0.05) is 9.27 Å². The Labute approximate surface area is 173 Å². The number of esters is 1. The molecule has 29 heavy (non-hydrogen) atoms. The zero-order chi connectivity index (χ0) is 20.3. The van der Waals surface area contributed by atoms with Crippen molar-refractivity contribution in [2.45, 2.75) is 102 Å². The quantitative estimate of drug-likeness (QED) is 0.429. The van der Waals surface area contributed by atoms with Gasteiger partial charge in [-0.05, 0) is 69.1 Å². The van der Waals surface area contributed by atoms with Gasteiger partial charge in [0.15, 0.2) is 0 Å². The van der Waals surface area contributed by atoms with Crippen LogP contribution in [0.2, 0.25) is 0 Å². The average molecular weight is 431 g/mol. The Morgan fingerprint density at radius 3 is 1.97 bits per heavy atom. The topological polar surface area (TPSA) is 67.0 Å². The van der Waals surface area contributed by atoms with Crippen LogP contribution in [0.5, 0.6) is 0 Å². The van der Waals surface area contributed by atoms with Crippen LogP contribution in [0.15, 0.2) is 0 Å². The van der Waals surface area contributed by atoms with E-state index in [1.54, 1.807) is 0 Å². The average Bonchev–Trinajstić information content (AvgIpc) is 2.64. The summed E-state index contributed by atoms with van der Waals surface area (Å²) >= 11 is 0. The van der Waals surface area contributed by atoms with Crippen LogP contribution >= 0.6 is 0 Å². The number of rotatable bonds is 4. The molecule has 0 heterocycles. The van der Waals surface area contributed by atoms with Gasteiger partial charge in [-0.2, -0.15) is 0 Å². The lowest BCUT2D eigenvalue weighted by Gasteiger charge is -2.37. The molecule has 0 aromatic heterocycles. The smallest absolute Gasteiger partial charge is 0.462 e. The SMILES string of the molecule is CC1CCC(C2CCC(C(=O)OC3CCC(OC(F)(F)F)C(F)C3)CC2)CC1.O.[HH].[HH]. The summed E-state index contributed by atoms with van der Waals surface area (Å²) in [4.78, 5) is 12.5. The van der Waals surface area contributed by atoms with Gasteiger partial charge in [0.05, 0.1) is 12.0 Å². The number of carbonyl (C=O) groups excluding carboxylic acids is 1. The highest BCUT2D eigenvalue weighted by Gasteiger charge is 2.42. The molecule has 0 aromatic carbocycles. The van der Waals surface area contributed by atoms with E-state index in [9.17, 15) is 22.4 Å². The van der Waals surface area contributed by atoms with E-state index in [0.717, 1.165) is 37.5 Å². The lowest BCUT2D eigenvalue weighted by atomic mass is 9.69. The molecule has 0 amide bonds. The van der Waals surface area contributed by atoms with Crippen LogP contribution in [0.1, 0.15) is 80.4 Å². The fourth-order valence-electron chi connectivity index (χ4n) is 5.31. The molecule has 3 atom stereocenters. The highest BCUT2D eigenvalue weighted by molar-refractivity contribution is 5.72. The van der Waals surface area contributed by atoms with E-state index in [-0.39, 0.29) is 39.5 Å². The van der Waals surface area contributed by atoms with Crippen molar-refractivity contribution in [2.75, 3.05) is 0 Å². The van der Waals surface area contributed by atoms with Crippen LogP contribution in [0.4, 0.5) is 17.6 Å². The van der Waals surface area contributed by atoms with Crippen LogP contribution in [0.25, 0.3) is 0 Å². The summed E-state index contributed by atoms with van der Waals surface area (Å²) in [6.07, 6.45) is 0.0354. The number of ether oxygens (including phenoxy) is 2. The first-order chi connectivity index (χ1) is 13.2. The third kappa shape index (κ3) is 7.09. The Morgan fingerprint density at radius 2 is 1.45 bits per heavy atom. The molecule has 3 fully saturated rings. The number of hydrogen-bond donors (Lipinski definition) is 0. The van der Waals surface area contributed by atoms with Gasteiger partial charge in [0.1, 0.15) is 12.3 Å². The van der Waals surface area contributed by atoms with Gasteiger partial charge < -0.3 is 10.2 Å². The summed E-state index contributed by atoms with van der Waals surface area (Å²) in [6, 6.07) is 0. The fraction of sp³-hybridized carbons (Fsp3) is 0.952. The summed E-state index contributed by atoms with van der Waals surface area (Å²) in [7, 11) is 0. The van der Waals surface area contributed by atoms with Crippen LogP contribution in [0, 0.1) is 23.7 Å². The lowest BCUT2D eigenvalue weighted by molar-refractivity contribution is -0.352. The first-order valence-corrected chi connectivity index (χ1v) is 10.8. The van der Waals surface area contributed by atoms with Crippen LogP contribution in [-0.2, 0) is 14.3 Å². The number of alkyl halides is 4. The summed E-state index contributed by atoms with van der Waals surface area (Å²) in [5.74, 6) is 1.86. The Kier molecular flexibility index (Phi) is 8.76. The van der Waals surface area contributed by atoms with Crippen molar-refractivity contribution in [1.29, 1.82) is 0 Å². The molecule has 0 bridgehead atoms. The second-order valence-corrected chi connectivity index (χ2v) is 9.12. The van der Waals surface area contributed by atoms with E-state index < -0.39 is 24.7 Å². The maximum absolute atomic E-state index is 14.0.